The zero-order chi connectivity index (χ0) is 14.9. The SMILES string of the molecule is Cc1cc(Oc2nccc(C(=O)O)c2N)cc(C)c1Cl. The smallest absolute Gasteiger partial charge is 0.338 e. The summed E-state index contributed by atoms with van der Waals surface area (Å²) in [6.45, 7) is 3.71. The van der Waals surface area contributed by atoms with Crippen LogP contribution in [0.4, 0.5) is 5.69 Å². The Labute approximate surface area is 121 Å². The standard InChI is InChI=1S/C14H13ClN2O3/c1-7-5-9(6-8(2)11(7)15)20-13-12(16)10(14(18)19)3-4-17-13/h3-6H,16H2,1-2H3,(H,18,19). The Hall–Kier alpha value is -2.27. The van der Waals surface area contributed by atoms with Crippen molar-refractivity contribution in [3.63, 3.8) is 0 Å². The molecular weight excluding hydrogens is 280 g/mol. The van der Waals surface area contributed by atoms with Gasteiger partial charge >= 0.3 is 5.97 Å². The van der Waals surface area contributed by atoms with Crippen LogP contribution in [0.1, 0.15) is 21.5 Å². The summed E-state index contributed by atoms with van der Waals surface area (Å²) in [5.41, 5.74) is 7.40. The maximum absolute atomic E-state index is 11.0. The van der Waals surface area contributed by atoms with Crippen LogP contribution in [0.3, 0.4) is 0 Å². The predicted octanol–water partition coefficient (Wildman–Crippen LogP) is 3.42. The number of carboxylic acids is 1. The molecule has 0 fully saturated rings. The first-order valence-electron chi connectivity index (χ1n) is 5.82. The Morgan fingerprint density at radius 3 is 2.50 bits per heavy atom. The molecule has 3 N–H and O–H groups in total. The van der Waals surface area contributed by atoms with Crippen LogP contribution < -0.4 is 10.5 Å². The van der Waals surface area contributed by atoms with Crippen molar-refractivity contribution in [3.8, 4) is 11.6 Å². The molecule has 0 amide bonds. The number of rotatable bonds is 3. The highest BCUT2D eigenvalue weighted by molar-refractivity contribution is 6.32. The third-order valence-electron chi connectivity index (χ3n) is 2.81. The van der Waals surface area contributed by atoms with E-state index in [0.29, 0.717) is 10.8 Å². The van der Waals surface area contributed by atoms with Gasteiger partial charge in [-0.1, -0.05) is 11.6 Å². The van der Waals surface area contributed by atoms with Crippen molar-refractivity contribution in [2.24, 2.45) is 0 Å². The third kappa shape index (κ3) is 2.67. The fourth-order valence-electron chi connectivity index (χ4n) is 1.80. The van der Waals surface area contributed by atoms with E-state index in [-0.39, 0.29) is 17.1 Å². The summed E-state index contributed by atoms with van der Waals surface area (Å²) >= 11 is 6.08. The first-order valence-corrected chi connectivity index (χ1v) is 6.20. The highest BCUT2D eigenvalue weighted by atomic mass is 35.5. The number of aryl methyl sites for hydroxylation is 2. The Kier molecular flexibility index (Phi) is 3.81. The van der Waals surface area contributed by atoms with E-state index >= 15 is 0 Å². The van der Waals surface area contributed by atoms with E-state index < -0.39 is 5.97 Å². The minimum atomic E-state index is -1.13. The molecule has 0 unspecified atom stereocenters. The lowest BCUT2D eigenvalue weighted by molar-refractivity contribution is 0.0697. The van der Waals surface area contributed by atoms with Crippen LogP contribution in [0.25, 0.3) is 0 Å². The van der Waals surface area contributed by atoms with Crippen LogP contribution in [0, 0.1) is 13.8 Å². The summed E-state index contributed by atoms with van der Waals surface area (Å²) in [7, 11) is 0. The topological polar surface area (TPSA) is 85.4 Å². The van der Waals surface area contributed by atoms with E-state index in [1.807, 2.05) is 13.8 Å². The molecule has 104 valence electrons. The number of hydrogen-bond donors (Lipinski definition) is 2. The lowest BCUT2D eigenvalue weighted by Crippen LogP contribution is -2.05. The second-order valence-electron chi connectivity index (χ2n) is 4.36. The fourth-order valence-corrected chi connectivity index (χ4v) is 1.91. The first kappa shape index (κ1) is 14.1. The number of ether oxygens (including phenoxy) is 1. The van der Waals surface area contributed by atoms with Crippen molar-refractivity contribution in [1.82, 2.24) is 4.98 Å². The van der Waals surface area contributed by atoms with Gasteiger partial charge in [0.05, 0.1) is 5.56 Å². The molecule has 0 atom stereocenters. The molecule has 1 heterocycles. The van der Waals surface area contributed by atoms with E-state index in [2.05, 4.69) is 4.98 Å². The van der Waals surface area contributed by atoms with Crippen LogP contribution in [-0.2, 0) is 0 Å². The molecule has 0 bridgehead atoms. The molecule has 1 aromatic heterocycles. The van der Waals surface area contributed by atoms with Gasteiger partial charge in [-0.05, 0) is 43.2 Å². The average molecular weight is 293 g/mol. The fraction of sp³-hybridized carbons (Fsp3) is 0.143. The summed E-state index contributed by atoms with van der Waals surface area (Å²) in [5.74, 6) is -0.560. The largest absolute Gasteiger partial charge is 0.478 e. The van der Waals surface area contributed by atoms with Crippen molar-refractivity contribution >= 4 is 23.3 Å². The van der Waals surface area contributed by atoms with Gasteiger partial charge in [-0.15, -0.1) is 0 Å². The van der Waals surface area contributed by atoms with Crippen molar-refractivity contribution in [2.45, 2.75) is 13.8 Å². The molecule has 0 radical (unpaired) electrons. The van der Waals surface area contributed by atoms with Crippen LogP contribution in [0.5, 0.6) is 11.6 Å². The summed E-state index contributed by atoms with van der Waals surface area (Å²) in [4.78, 5) is 15.0. The van der Waals surface area contributed by atoms with Crippen LogP contribution in [-0.4, -0.2) is 16.1 Å². The lowest BCUT2D eigenvalue weighted by atomic mass is 10.1. The molecule has 0 aliphatic rings. The number of anilines is 1. The number of carbonyl (C=O) groups is 1. The molecule has 0 aliphatic carbocycles. The molecule has 0 aliphatic heterocycles. The zero-order valence-corrected chi connectivity index (χ0v) is 11.7. The van der Waals surface area contributed by atoms with E-state index in [0.717, 1.165) is 11.1 Å². The van der Waals surface area contributed by atoms with Gasteiger partial charge in [-0.2, -0.15) is 0 Å². The molecule has 0 spiro atoms. The minimum Gasteiger partial charge on any atom is -0.478 e. The number of aromatic nitrogens is 1. The van der Waals surface area contributed by atoms with Crippen LogP contribution >= 0.6 is 11.6 Å². The third-order valence-corrected chi connectivity index (χ3v) is 3.40. The highest BCUT2D eigenvalue weighted by Crippen LogP contribution is 2.31. The second kappa shape index (κ2) is 5.38. The molecular formula is C14H13ClN2O3. The predicted molar refractivity (Wildman–Crippen MR) is 76.6 cm³/mol. The van der Waals surface area contributed by atoms with Gasteiger partial charge in [0, 0.05) is 11.2 Å². The first-order chi connectivity index (χ1) is 9.40. The van der Waals surface area contributed by atoms with Gasteiger partial charge in [0.1, 0.15) is 11.4 Å². The van der Waals surface area contributed by atoms with E-state index in [9.17, 15) is 4.79 Å². The van der Waals surface area contributed by atoms with Gasteiger partial charge in [-0.25, -0.2) is 9.78 Å². The molecule has 5 nitrogen and oxygen atoms in total. The van der Waals surface area contributed by atoms with Gasteiger partial charge in [0.25, 0.3) is 0 Å². The van der Waals surface area contributed by atoms with Crippen LogP contribution in [0.15, 0.2) is 24.4 Å². The van der Waals surface area contributed by atoms with Gasteiger partial charge in [0.15, 0.2) is 0 Å². The van der Waals surface area contributed by atoms with Crippen LogP contribution in [0.2, 0.25) is 5.02 Å². The van der Waals surface area contributed by atoms with E-state index in [1.54, 1.807) is 12.1 Å². The number of pyridine rings is 1. The lowest BCUT2D eigenvalue weighted by Gasteiger charge is -2.11. The van der Waals surface area contributed by atoms with Gasteiger partial charge < -0.3 is 15.6 Å². The number of nitrogens with zero attached hydrogens (tertiary/aromatic N) is 1. The summed E-state index contributed by atoms with van der Waals surface area (Å²) in [6.07, 6.45) is 1.34. The molecule has 0 saturated heterocycles. The minimum absolute atomic E-state index is 0.00902. The number of benzene rings is 1. The molecule has 2 aromatic rings. The van der Waals surface area contributed by atoms with Crippen molar-refractivity contribution < 1.29 is 14.6 Å². The van der Waals surface area contributed by atoms with Crippen molar-refractivity contribution in [1.29, 1.82) is 0 Å². The summed E-state index contributed by atoms with van der Waals surface area (Å²) < 4.78 is 5.56. The number of nitrogens with two attached hydrogens (primary N) is 1. The van der Waals surface area contributed by atoms with E-state index in [4.69, 9.17) is 27.2 Å². The quantitative estimate of drug-likeness (QED) is 0.905. The number of halogens is 1. The maximum atomic E-state index is 11.0. The molecule has 1 aromatic carbocycles. The monoisotopic (exact) mass is 292 g/mol. The van der Waals surface area contributed by atoms with Crippen molar-refractivity contribution in [3.05, 3.63) is 46.1 Å². The number of carboxylic acid groups (broad SMARTS) is 1. The number of nitrogen functional groups attached to an aromatic ring is 1. The van der Waals surface area contributed by atoms with E-state index in [1.165, 1.54) is 12.3 Å². The second-order valence-corrected chi connectivity index (χ2v) is 4.73. The molecule has 6 heteroatoms. The Morgan fingerprint density at radius 1 is 1.35 bits per heavy atom. The Morgan fingerprint density at radius 2 is 1.95 bits per heavy atom. The Balaban J connectivity index is 2.40. The number of hydrogen-bond acceptors (Lipinski definition) is 4. The zero-order valence-electron chi connectivity index (χ0n) is 11.0. The number of aromatic carboxylic acids is 1. The normalized spacial score (nSPS) is 10.3. The van der Waals surface area contributed by atoms with Gasteiger partial charge in [-0.3, -0.25) is 0 Å². The molecule has 2 rings (SSSR count). The maximum Gasteiger partial charge on any atom is 0.338 e. The molecule has 20 heavy (non-hydrogen) atoms. The molecule has 0 saturated carbocycles. The summed E-state index contributed by atoms with van der Waals surface area (Å²) in [6, 6.07) is 4.80. The highest BCUT2D eigenvalue weighted by Gasteiger charge is 2.14. The Bertz CT molecular complexity index is 663. The average Bonchev–Trinajstić information content (AvgIpc) is 2.38. The summed E-state index contributed by atoms with van der Waals surface area (Å²) in [5, 5.41) is 9.66. The van der Waals surface area contributed by atoms with Gasteiger partial charge in [0.2, 0.25) is 5.88 Å². The van der Waals surface area contributed by atoms with Crippen molar-refractivity contribution in [2.75, 3.05) is 5.73 Å².